The van der Waals surface area contributed by atoms with Gasteiger partial charge in [0.15, 0.2) is 0 Å². The third-order valence-corrected chi connectivity index (χ3v) is 5.58. The van der Waals surface area contributed by atoms with Crippen molar-refractivity contribution in [2.45, 2.75) is 16.5 Å². The summed E-state index contributed by atoms with van der Waals surface area (Å²) in [5.41, 5.74) is 1.52. The molecule has 0 bridgehead atoms. The number of nitrogens with one attached hydrogen (secondary N) is 1. The Kier molecular flexibility index (Phi) is 9.64. The highest BCUT2D eigenvalue weighted by atomic mass is 127. The van der Waals surface area contributed by atoms with Crippen LogP contribution in [0.2, 0.25) is 5.02 Å². The number of benzene rings is 2. The van der Waals surface area contributed by atoms with Crippen molar-refractivity contribution >= 4 is 51.5 Å². The van der Waals surface area contributed by atoms with E-state index in [2.05, 4.69) is 5.32 Å². The fraction of sp³-hybridized carbons (Fsp3) is 0.318. The van der Waals surface area contributed by atoms with Gasteiger partial charge in [0.05, 0.1) is 22.9 Å². The van der Waals surface area contributed by atoms with E-state index in [0.29, 0.717) is 34.9 Å². The van der Waals surface area contributed by atoms with Crippen molar-refractivity contribution in [3.05, 3.63) is 70.8 Å². The summed E-state index contributed by atoms with van der Waals surface area (Å²) in [6, 6.07) is 13.0. The molecule has 0 heterocycles. The first kappa shape index (κ1) is 25.5. The zero-order valence-electron chi connectivity index (χ0n) is 17.0. The topological polar surface area (TPSA) is 41.6 Å². The quantitative estimate of drug-likeness (QED) is 0.168. The number of halogens is 5. The Morgan fingerprint density at radius 3 is 2.35 bits per heavy atom. The van der Waals surface area contributed by atoms with Crippen LogP contribution in [-0.2, 0) is 4.74 Å². The van der Waals surface area contributed by atoms with E-state index < -0.39 is 16.1 Å². The van der Waals surface area contributed by atoms with E-state index in [0.717, 1.165) is 12.6 Å². The largest absolute Gasteiger partial charge is 0.462 e. The summed E-state index contributed by atoms with van der Waals surface area (Å²) in [6.45, 7) is 1.09. The first-order valence-corrected chi connectivity index (χ1v) is 11.1. The number of ether oxygens (including phenoxy) is 1. The molecule has 1 atom stereocenters. The molecule has 0 aliphatic rings. The van der Waals surface area contributed by atoms with Crippen LogP contribution in [0, 0.1) is 0 Å². The van der Waals surface area contributed by atoms with Gasteiger partial charge in [-0.25, -0.2) is 4.79 Å². The Labute approximate surface area is 198 Å². The van der Waals surface area contributed by atoms with Gasteiger partial charge in [0.1, 0.15) is 3.92 Å². The summed E-state index contributed by atoms with van der Waals surface area (Å²) in [6.07, 6.45) is -2.61. The summed E-state index contributed by atoms with van der Waals surface area (Å²) in [7, 11) is 3.86. The molecule has 0 amide bonds. The molecule has 0 aliphatic carbocycles. The number of rotatable bonds is 9. The van der Waals surface area contributed by atoms with E-state index >= 15 is 0 Å². The van der Waals surface area contributed by atoms with Gasteiger partial charge >= 0.3 is 12.1 Å². The number of allylic oxidation sites excluding steroid dienone is 1. The first-order valence-electron chi connectivity index (χ1n) is 9.44. The van der Waals surface area contributed by atoms with E-state index in [-0.39, 0.29) is 5.70 Å². The molecular formula is C22H23ClF3IN2O2. The Hall–Kier alpha value is -1.78. The minimum atomic E-state index is -4.40. The summed E-state index contributed by atoms with van der Waals surface area (Å²) in [5.74, 6) is -0.475. The second-order valence-corrected chi connectivity index (χ2v) is 8.75. The molecule has 0 saturated carbocycles. The number of hydrogen-bond acceptors (Lipinski definition) is 4. The monoisotopic (exact) mass is 566 g/mol. The Bertz CT molecular complexity index is 902. The van der Waals surface area contributed by atoms with Crippen molar-refractivity contribution in [3.8, 4) is 0 Å². The lowest BCUT2D eigenvalue weighted by Gasteiger charge is -2.17. The van der Waals surface area contributed by atoms with Crippen molar-refractivity contribution in [1.29, 1.82) is 0 Å². The van der Waals surface area contributed by atoms with E-state index in [1.807, 2.05) is 19.0 Å². The highest BCUT2D eigenvalue weighted by molar-refractivity contribution is 14.1. The summed E-state index contributed by atoms with van der Waals surface area (Å²) in [4.78, 5) is 14.2. The van der Waals surface area contributed by atoms with Gasteiger partial charge < -0.3 is 15.0 Å². The lowest BCUT2D eigenvalue weighted by molar-refractivity contribution is -0.116. The van der Waals surface area contributed by atoms with Crippen molar-refractivity contribution in [3.63, 3.8) is 0 Å². The number of carbonyl (C=O) groups is 1. The lowest BCUT2D eigenvalue weighted by Crippen LogP contribution is -2.21. The fourth-order valence-corrected chi connectivity index (χ4v) is 3.12. The number of para-hydroxylation sites is 1. The molecule has 0 spiro atoms. The van der Waals surface area contributed by atoms with E-state index in [1.54, 1.807) is 36.4 Å². The summed E-state index contributed by atoms with van der Waals surface area (Å²) < 4.78 is 42.9. The van der Waals surface area contributed by atoms with E-state index in [1.165, 1.54) is 34.7 Å². The highest BCUT2D eigenvalue weighted by Crippen LogP contribution is 2.32. The average molecular weight is 567 g/mol. The molecule has 0 aliphatic heterocycles. The van der Waals surface area contributed by atoms with Crippen LogP contribution in [0.4, 0.5) is 18.9 Å². The smallest absolute Gasteiger partial charge is 0.403 e. The second kappa shape index (κ2) is 11.7. The molecule has 4 nitrogen and oxygen atoms in total. The predicted octanol–water partition coefficient (Wildman–Crippen LogP) is 6.27. The molecule has 0 radical (unpaired) electrons. The van der Waals surface area contributed by atoms with Gasteiger partial charge in [-0.2, -0.15) is 13.2 Å². The molecule has 9 heteroatoms. The molecule has 2 rings (SSSR count). The maximum Gasteiger partial charge on any atom is 0.403 e. The average Bonchev–Trinajstić information content (AvgIpc) is 2.71. The molecule has 168 valence electrons. The lowest BCUT2D eigenvalue weighted by atomic mass is 10.1. The fourth-order valence-electron chi connectivity index (χ4n) is 2.57. The minimum absolute atomic E-state index is 0.232. The molecule has 2 aromatic carbocycles. The van der Waals surface area contributed by atoms with Crippen LogP contribution in [-0.4, -0.2) is 48.2 Å². The van der Waals surface area contributed by atoms with Gasteiger partial charge in [0.25, 0.3) is 0 Å². The first-order chi connectivity index (χ1) is 14.6. The van der Waals surface area contributed by atoms with Gasteiger partial charge in [-0.3, -0.25) is 0 Å². The minimum Gasteiger partial charge on any atom is -0.462 e. The number of anilines is 1. The van der Waals surface area contributed by atoms with Crippen LogP contribution in [0.15, 0.2) is 54.6 Å². The Morgan fingerprint density at radius 1 is 1.16 bits per heavy atom. The highest BCUT2D eigenvalue weighted by Gasteiger charge is 2.36. The summed E-state index contributed by atoms with van der Waals surface area (Å²) >= 11 is 7.48. The van der Waals surface area contributed by atoms with E-state index in [9.17, 15) is 18.0 Å². The number of hydrogen-bond donors (Lipinski definition) is 1. The van der Waals surface area contributed by atoms with Gasteiger partial charge in [-0.05, 0) is 56.4 Å². The van der Waals surface area contributed by atoms with Crippen molar-refractivity contribution in [2.75, 3.05) is 32.6 Å². The molecular weight excluding hydrogens is 544 g/mol. The molecule has 31 heavy (non-hydrogen) atoms. The van der Waals surface area contributed by atoms with Crippen molar-refractivity contribution in [2.24, 2.45) is 0 Å². The number of esters is 1. The third-order valence-electron chi connectivity index (χ3n) is 4.18. The molecule has 1 N–H and O–H groups in total. The molecule has 1 unspecified atom stereocenters. The second-order valence-electron chi connectivity index (χ2n) is 7.00. The maximum absolute atomic E-state index is 13.1. The number of alkyl halides is 4. The van der Waals surface area contributed by atoms with Gasteiger partial charge in [0, 0.05) is 12.2 Å². The molecule has 2 aromatic rings. The van der Waals surface area contributed by atoms with Crippen LogP contribution in [0.1, 0.15) is 22.3 Å². The summed E-state index contributed by atoms with van der Waals surface area (Å²) in [5, 5.41) is 3.35. The Balaban J connectivity index is 2.21. The van der Waals surface area contributed by atoms with E-state index in [4.69, 9.17) is 16.3 Å². The molecule has 0 fully saturated rings. The number of nitrogens with zero attached hydrogens (tertiary/aromatic N) is 1. The van der Waals surface area contributed by atoms with Crippen molar-refractivity contribution < 1.29 is 22.7 Å². The van der Waals surface area contributed by atoms with Gasteiger partial charge in [0.2, 0.25) is 0 Å². The Morgan fingerprint density at radius 2 is 1.77 bits per heavy atom. The van der Waals surface area contributed by atoms with Crippen LogP contribution in [0.3, 0.4) is 0 Å². The molecule has 0 saturated heterocycles. The van der Waals surface area contributed by atoms with Crippen LogP contribution in [0.5, 0.6) is 0 Å². The SMILES string of the molecule is CN(C)CCCOC(=O)c1ccc(/C(=C/C(I)C(F)(F)F)Nc2ccccc2Cl)cc1. The molecule has 0 aromatic heterocycles. The number of carbonyl (C=O) groups excluding carboxylic acids is 1. The van der Waals surface area contributed by atoms with Gasteiger partial charge in [-0.1, -0.05) is 58.5 Å². The van der Waals surface area contributed by atoms with Gasteiger partial charge in [-0.15, -0.1) is 0 Å². The standard InChI is InChI=1S/C22H23ClF3IN2O2/c1-29(2)12-5-13-31-21(30)16-10-8-15(9-11-16)19(14-20(27)22(24,25)26)28-18-7-4-3-6-17(18)23/h3-4,6-11,14,20,28H,5,12-13H2,1-2H3/b19-14-. The van der Waals surface area contributed by atoms with Crippen molar-refractivity contribution in [1.82, 2.24) is 4.90 Å². The van der Waals surface area contributed by atoms with Crippen LogP contribution >= 0.6 is 34.2 Å². The maximum atomic E-state index is 13.1. The zero-order valence-corrected chi connectivity index (χ0v) is 20.0. The predicted molar refractivity (Wildman–Crippen MR) is 127 cm³/mol. The third kappa shape index (κ3) is 8.34. The van der Waals surface area contributed by atoms with Crippen LogP contribution < -0.4 is 5.32 Å². The van der Waals surface area contributed by atoms with Crippen LogP contribution in [0.25, 0.3) is 5.70 Å². The normalized spacial score (nSPS) is 13.2. The zero-order chi connectivity index (χ0) is 23.0.